The van der Waals surface area contributed by atoms with Gasteiger partial charge in [0.15, 0.2) is 5.82 Å². The molecule has 0 aliphatic carbocycles. The number of hydrogen-bond acceptors (Lipinski definition) is 10. The molecule has 48 heavy (non-hydrogen) atoms. The first-order chi connectivity index (χ1) is 23.2. The number of piperazine rings is 1. The molecule has 0 bridgehead atoms. The summed E-state index contributed by atoms with van der Waals surface area (Å²) in [6.07, 6.45) is 5.45. The van der Waals surface area contributed by atoms with Gasteiger partial charge in [-0.05, 0) is 56.5 Å². The number of rotatable bonds is 10. The van der Waals surface area contributed by atoms with Gasteiger partial charge >= 0.3 is 0 Å². The monoisotopic (exact) mass is 678 g/mol. The van der Waals surface area contributed by atoms with Crippen LogP contribution in [0.4, 0.5) is 33.1 Å². The number of halogens is 2. The van der Waals surface area contributed by atoms with E-state index >= 15 is 0 Å². The Morgan fingerprint density at radius 2 is 1.83 bits per heavy atom. The summed E-state index contributed by atoms with van der Waals surface area (Å²) >= 11 is 5.92. The SMILES string of the molecule is C=CC(=O)Nc1cc(Nc2cc(N3OCC[C@@H]3c3ccc(Cl)c(F)c3)ncn2)c(OC)cc1N1CCC(N2CCN(C(C)C)CC2)CC1. The summed E-state index contributed by atoms with van der Waals surface area (Å²) < 4.78 is 20.1. The van der Waals surface area contributed by atoms with Gasteiger partial charge in [0.25, 0.3) is 0 Å². The van der Waals surface area contributed by atoms with E-state index in [1.54, 1.807) is 30.4 Å². The van der Waals surface area contributed by atoms with E-state index in [1.807, 2.05) is 12.1 Å². The zero-order chi connectivity index (χ0) is 33.8. The Morgan fingerprint density at radius 1 is 1.06 bits per heavy atom. The largest absolute Gasteiger partial charge is 0.494 e. The molecule has 3 fully saturated rings. The molecule has 3 saturated heterocycles. The fourth-order valence-electron chi connectivity index (χ4n) is 6.86. The van der Waals surface area contributed by atoms with Gasteiger partial charge in [-0.25, -0.2) is 19.4 Å². The number of hydrogen-bond donors (Lipinski definition) is 2. The van der Waals surface area contributed by atoms with E-state index in [-0.39, 0.29) is 17.0 Å². The summed E-state index contributed by atoms with van der Waals surface area (Å²) in [5, 5.41) is 8.08. The van der Waals surface area contributed by atoms with Crippen LogP contribution in [0.25, 0.3) is 0 Å². The molecule has 3 aliphatic heterocycles. The molecule has 3 aliphatic rings. The molecule has 1 atom stereocenters. The van der Waals surface area contributed by atoms with Crippen molar-refractivity contribution in [2.24, 2.45) is 0 Å². The van der Waals surface area contributed by atoms with Gasteiger partial charge < -0.3 is 20.3 Å². The number of aromatic nitrogens is 2. The van der Waals surface area contributed by atoms with E-state index in [0.29, 0.717) is 53.9 Å². The van der Waals surface area contributed by atoms with E-state index in [4.69, 9.17) is 21.2 Å². The van der Waals surface area contributed by atoms with Gasteiger partial charge in [-0.1, -0.05) is 24.2 Å². The average Bonchev–Trinajstić information content (AvgIpc) is 3.60. The normalized spacial score (nSPS) is 19.5. The zero-order valence-electron chi connectivity index (χ0n) is 27.8. The van der Waals surface area contributed by atoms with Crippen LogP contribution < -0.4 is 25.3 Å². The highest BCUT2D eigenvalue weighted by molar-refractivity contribution is 6.30. The number of ether oxygens (including phenoxy) is 1. The van der Waals surface area contributed by atoms with Crippen molar-refractivity contribution in [2.45, 2.75) is 51.2 Å². The van der Waals surface area contributed by atoms with Crippen LogP contribution in [-0.4, -0.2) is 90.7 Å². The maximum absolute atomic E-state index is 14.3. The number of carbonyl (C=O) groups excluding carboxylic acids is 1. The molecule has 0 spiro atoms. The molecule has 13 heteroatoms. The summed E-state index contributed by atoms with van der Waals surface area (Å²) in [5.41, 5.74) is 2.89. The third-order valence-corrected chi connectivity index (χ3v) is 9.84. The number of anilines is 5. The number of nitrogens with one attached hydrogen (secondary N) is 2. The maximum Gasteiger partial charge on any atom is 0.247 e. The van der Waals surface area contributed by atoms with Crippen LogP contribution >= 0.6 is 11.6 Å². The Morgan fingerprint density at radius 3 is 2.52 bits per heavy atom. The van der Waals surface area contributed by atoms with Gasteiger partial charge in [0.05, 0.1) is 41.8 Å². The number of nitrogens with zero attached hydrogens (tertiary/aromatic N) is 6. The third-order valence-electron chi connectivity index (χ3n) is 9.54. The van der Waals surface area contributed by atoms with E-state index in [2.05, 4.69) is 55.7 Å². The standard InChI is InChI=1S/C35H44ClFN8O3/c1-5-35(46)41-28-19-29(32(47-4)20-31(28)44-11-8-25(9-12-44)43-15-13-42(14-16-43)23(2)3)40-33-21-34(39-22-38-33)45-30(10-17-48-45)24-6-7-26(36)27(37)18-24/h5-7,18-23,25,30H,1,8-17H2,2-4H3,(H,41,46)(H,38,39,40)/t30-/m1/s1. The fraction of sp³-hybridized carbons (Fsp3) is 0.457. The highest BCUT2D eigenvalue weighted by atomic mass is 35.5. The quantitative estimate of drug-likeness (QED) is 0.248. The first kappa shape index (κ1) is 33.9. The molecule has 1 amide bonds. The van der Waals surface area contributed by atoms with Crippen molar-refractivity contribution in [2.75, 3.05) is 73.6 Å². The van der Waals surface area contributed by atoms with Gasteiger partial charge in [-0.3, -0.25) is 19.4 Å². The van der Waals surface area contributed by atoms with Crippen LogP contribution in [0.15, 0.2) is 55.4 Å². The number of hydroxylamine groups is 1. The van der Waals surface area contributed by atoms with Crippen LogP contribution in [0.1, 0.15) is 44.7 Å². The fourth-order valence-corrected chi connectivity index (χ4v) is 6.98. The molecule has 11 nitrogen and oxygen atoms in total. The molecular formula is C35H44ClFN8O3. The topological polar surface area (TPSA) is 98.3 Å². The zero-order valence-corrected chi connectivity index (χ0v) is 28.5. The smallest absolute Gasteiger partial charge is 0.247 e. The lowest BCUT2D eigenvalue weighted by atomic mass is 10.0. The Hall–Kier alpha value is -3.97. The molecule has 256 valence electrons. The molecule has 1 aromatic heterocycles. The van der Waals surface area contributed by atoms with Crippen LogP contribution in [-0.2, 0) is 9.63 Å². The molecule has 0 unspecified atom stereocenters. The first-order valence-corrected chi connectivity index (χ1v) is 17.0. The second-order valence-electron chi connectivity index (χ2n) is 12.7. The van der Waals surface area contributed by atoms with Crippen molar-refractivity contribution in [3.63, 3.8) is 0 Å². The predicted octanol–water partition coefficient (Wildman–Crippen LogP) is 6.02. The van der Waals surface area contributed by atoms with E-state index in [0.717, 1.165) is 63.4 Å². The Labute approximate surface area is 286 Å². The summed E-state index contributed by atoms with van der Waals surface area (Å²) in [6.45, 7) is 14.8. The van der Waals surface area contributed by atoms with E-state index < -0.39 is 5.82 Å². The molecule has 2 aromatic carbocycles. The predicted molar refractivity (Wildman–Crippen MR) is 188 cm³/mol. The molecule has 0 saturated carbocycles. The van der Waals surface area contributed by atoms with Crippen LogP contribution in [0.5, 0.6) is 5.75 Å². The second kappa shape index (κ2) is 15.1. The minimum Gasteiger partial charge on any atom is -0.494 e. The lowest BCUT2D eigenvalue weighted by Gasteiger charge is -2.44. The van der Waals surface area contributed by atoms with E-state index in [1.165, 1.54) is 18.5 Å². The number of methoxy groups -OCH3 is 1. The number of amides is 1. The Bertz CT molecular complexity index is 1610. The lowest BCUT2D eigenvalue weighted by molar-refractivity contribution is -0.111. The molecule has 0 radical (unpaired) electrons. The number of benzene rings is 2. The van der Waals surface area contributed by atoms with Crippen molar-refractivity contribution in [3.05, 3.63) is 71.8 Å². The van der Waals surface area contributed by atoms with Crippen molar-refractivity contribution in [1.29, 1.82) is 0 Å². The van der Waals surface area contributed by atoms with Gasteiger partial charge in [-0.2, -0.15) is 0 Å². The van der Waals surface area contributed by atoms with Crippen molar-refractivity contribution >= 4 is 46.2 Å². The Balaban J connectivity index is 1.20. The van der Waals surface area contributed by atoms with Crippen LogP contribution in [0.3, 0.4) is 0 Å². The molecule has 3 aromatic rings. The molecule has 6 rings (SSSR count). The van der Waals surface area contributed by atoms with Crippen LogP contribution in [0.2, 0.25) is 5.02 Å². The van der Waals surface area contributed by atoms with Crippen LogP contribution in [0, 0.1) is 5.82 Å². The molecular weight excluding hydrogens is 635 g/mol. The van der Waals surface area contributed by atoms with E-state index in [9.17, 15) is 9.18 Å². The van der Waals surface area contributed by atoms with Gasteiger partial charge in [-0.15, -0.1) is 0 Å². The third kappa shape index (κ3) is 7.52. The van der Waals surface area contributed by atoms with Gasteiger partial charge in [0.1, 0.15) is 23.7 Å². The van der Waals surface area contributed by atoms with Gasteiger partial charge in [0, 0.05) is 69.9 Å². The lowest BCUT2D eigenvalue weighted by Crippen LogP contribution is -2.54. The van der Waals surface area contributed by atoms with Crippen molar-refractivity contribution in [3.8, 4) is 5.75 Å². The van der Waals surface area contributed by atoms with Crippen molar-refractivity contribution < 1.29 is 18.8 Å². The maximum atomic E-state index is 14.3. The minimum atomic E-state index is -0.481. The Kier molecular flexibility index (Phi) is 10.6. The second-order valence-corrected chi connectivity index (χ2v) is 13.1. The summed E-state index contributed by atoms with van der Waals surface area (Å²) in [5.74, 6) is 0.813. The minimum absolute atomic E-state index is 0.0709. The molecule has 4 heterocycles. The van der Waals surface area contributed by atoms with Gasteiger partial charge in [0.2, 0.25) is 5.91 Å². The van der Waals surface area contributed by atoms with Crippen molar-refractivity contribution in [1.82, 2.24) is 19.8 Å². The highest BCUT2D eigenvalue weighted by Crippen LogP contribution is 2.41. The summed E-state index contributed by atoms with van der Waals surface area (Å²) in [4.78, 5) is 34.9. The first-order valence-electron chi connectivity index (χ1n) is 16.6. The number of piperidine rings is 1. The highest BCUT2D eigenvalue weighted by Gasteiger charge is 2.31. The summed E-state index contributed by atoms with van der Waals surface area (Å²) in [7, 11) is 1.62. The summed E-state index contributed by atoms with van der Waals surface area (Å²) in [6, 6.07) is 11.2. The number of carbonyl (C=O) groups is 1. The average molecular weight is 679 g/mol. The molecule has 2 N–H and O–H groups in total.